The Morgan fingerprint density at radius 3 is 3.05 bits per heavy atom. The standard InChI is InChI=1S/C15H20N4S/c1-3-4-14(16)12-9-13(20-11-12)10-18-7-8-19-15(18)5-6-17(19)2/h5,7-9,11,16H,3-4,6,10H2,1-2H3. The van der Waals surface area contributed by atoms with Crippen LogP contribution in [0.25, 0.3) is 0 Å². The molecule has 4 nitrogen and oxygen atoms in total. The molecule has 1 aromatic rings. The molecular formula is C15H20N4S. The SMILES string of the molecule is CCCC(=N)c1csc(CN2C=CN3C2=CCN3C)c1. The molecule has 0 atom stereocenters. The molecular weight excluding hydrogens is 268 g/mol. The lowest BCUT2D eigenvalue weighted by Crippen LogP contribution is -2.29. The Hall–Kier alpha value is -1.59. The summed E-state index contributed by atoms with van der Waals surface area (Å²) in [5.41, 5.74) is 1.85. The molecule has 0 aliphatic carbocycles. The third-order valence-electron chi connectivity index (χ3n) is 3.65. The molecule has 1 N–H and O–H groups in total. The molecule has 0 bridgehead atoms. The fourth-order valence-corrected chi connectivity index (χ4v) is 3.44. The minimum absolute atomic E-state index is 0.758. The van der Waals surface area contributed by atoms with Gasteiger partial charge >= 0.3 is 0 Å². The highest BCUT2D eigenvalue weighted by Crippen LogP contribution is 2.29. The summed E-state index contributed by atoms with van der Waals surface area (Å²) in [6, 6.07) is 2.17. The van der Waals surface area contributed by atoms with Crippen molar-refractivity contribution < 1.29 is 0 Å². The van der Waals surface area contributed by atoms with Gasteiger partial charge in [0.1, 0.15) is 5.82 Å². The van der Waals surface area contributed by atoms with E-state index in [0.29, 0.717) is 0 Å². The van der Waals surface area contributed by atoms with Crippen LogP contribution in [0, 0.1) is 5.41 Å². The molecule has 20 heavy (non-hydrogen) atoms. The largest absolute Gasteiger partial charge is 0.327 e. The second-order valence-electron chi connectivity index (χ2n) is 5.20. The number of thiophene rings is 1. The maximum absolute atomic E-state index is 8.02. The van der Waals surface area contributed by atoms with Crippen molar-refractivity contribution in [1.82, 2.24) is 14.9 Å². The maximum Gasteiger partial charge on any atom is 0.125 e. The Morgan fingerprint density at radius 2 is 2.25 bits per heavy atom. The topological polar surface area (TPSA) is 33.6 Å². The van der Waals surface area contributed by atoms with Crippen LogP contribution in [0.3, 0.4) is 0 Å². The third-order valence-corrected chi connectivity index (χ3v) is 4.57. The average molecular weight is 288 g/mol. The van der Waals surface area contributed by atoms with Crippen molar-refractivity contribution in [2.24, 2.45) is 0 Å². The molecule has 5 heteroatoms. The number of nitrogens with zero attached hydrogens (tertiary/aromatic N) is 3. The second kappa shape index (κ2) is 5.42. The molecule has 0 fully saturated rings. The van der Waals surface area contributed by atoms with E-state index in [1.807, 2.05) is 0 Å². The van der Waals surface area contributed by atoms with Crippen LogP contribution in [-0.4, -0.2) is 34.2 Å². The Kier molecular flexibility index (Phi) is 3.63. The van der Waals surface area contributed by atoms with Crippen molar-refractivity contribution in [2.45, 2.75) is 26.3 Å². The van der Waals surface area contributed by atoms with E-state index in [9.17, 15) is 0 Å². The van der Waals surface area contributed by atoms with Crippen molar-refractivity contribution in [3.63, 3.8) is 0 Å². The molecule has 2 aliphatic heterocycles. The van der Waals surface area contributed by atoms with Crippen molar-refractivity contribution >= 4 is 17.0 Å². The summed E-state index contributed by atoms with van der Waals surface area (Å²) in [5.74, 6) is 1.24. The first kappa shape index (κ1) is 13.4. The monoisotopic (exact) mass is 288 g/mol. The van der Waals surface area contributed by atoms with E-state index in [2.05, 4.69) is 58.8 Å². The van der Waals surface area contributed by atoms with E-state index in [1.165, 1.54) is 10.7 Å². The number of hydrogen-bond donors (Lipinski definition) is 1. The molecule has 2 aliphatic rings. The zero-order valence-corrected chi connectivity index (χ0v) is 12.8. The second-order valence-corrected chi connectivity index (χ2v) is 6.20. The zero-order valence-electron chi connectivity index (χ0n) is 12.0. The Labute approximate surface area is 124 Å². The van der Waals surface area contributed by atoms with Crippen LogP contribution in [-0.2, 0) is 6.54 Å². The minimum atomic E-state index is 0.758. The fourth-order valence-electron chi connectivity index (χ4n) is 2.55. The molecule has 0 spiro atoms. The maximum atomic E-state index is 8.02. The van der Waals surface area contributed by atoms with E-state index in [4.69, 9.17) is 5.41 Å². The van der Waals surface area contributed by atoms with Crippen molar-refractivity contribution in [2.75, 3.05) is 13.6 Å². The summed E-state index contributed by atoms with van der Waals surface area (Å²) in [6.45, 7) is 3.97. The van der Waals surface area contributed by atoms with Gasteiger partial charge in [-0.25, -0.2) is 5.01 Å². The van der Waals surface area contributed by atoms with Crippen molar-refractivity contribution in [3.8, 4) is 0 Å². The van der Waals surface area contributed by atoms with E-state index in [1.54, 1.807) is 11.3 Å². The summed E-state index contributed by atoms with van der Waals surface area (Å²) in [4.78, 5) is 3.57. The van der Waals surface area contributed by atoms with Gasteiger partial charge in [-0.2, -0.15) is 0 Å². The summed E-state index contributed by atoms with van der Waals surface area (Å²) < 4.78 is 0. The number of fused-ring (bicyclic) bond motifs is 1. The van der Waals surface area contributed by atoms with Crippen LogP contribution < -0.4 is 0 Å². The van der Waals surface area contributed by atoms with Gasteiger partial charge in [-0.1, -0.05) is 13.3 Å². The third kappa shape index (κ3) is 2.39. The number of rotatable bonds is 5. The molecule has 0 saturated heterocycles. The Balaban J connectivity index is 1.67. The van der Waals surface area contributed by atoms with Crippen LogP contribution in [0.5, 0.6) is 0 Å². The summed E-state index contributed by atoms with van der Waals surface area (Å²) in [7, 11) is 2.09. The average Bonchev–Trinajstić information content (AvgIpc) is 3.11. The smallest absolute Gasteiger partial charge is 0.125 e. The van der Waals surface area contributed by atoms with Crippen LogP contribution >= 0.6 is 11.3 Å². The van der Waals surface area contributed by atoms with E-state index in [0.717, 1.165) is 37.2 Å². The van der Waals surface area contributed by atoms with Gasteiger partial charge < -0.3 is 10.3 Å². The lowest BCUT2D eigenvalue weighted by Gasteiger charge is -2.24. The first-order valence-corrected chi connectivity index (χ1v) is 7.87. The molecule has 1 aromatic heterocycles. The van der Waals surface area contributed by atoms with Gasteiger partial charge in [0.05, 0.1) is 6.54 Å². The van der Waals surface area contributed by atoms with Crippen molar-refractivity contribution in [3.05, 3.63) is 46.2 Å². The normalized spacial score (nSPS) is 17.8. The van der Waals surface area contributed by atoms with Crippen LogP contribution in [0.1, 0.15) is 30.2 Å². The van der Waals surface area contributed by atoms with Gasteiger partial charge in [0, 0.05) is 47.5 Å². The molecule has 0 radical (unpaired) electrons. The minimum Gasteiger partial charge on any atom is -0.327 e. The van der Waals surface area contributed by atoms with Gasteiger partial charge in [0.25, 0.3) is 0 Å². The van der Waals surface area contributed by atoms with Crippen molar-refractivity contribution in [1.29, 1.82) is 5.41 Å². The molecule has 3 heterocycles. The zero-order chi connectivity index (χ0) is 14.1. The quantitative estimate of drug-likeness (QED) is 0.845. The number of hydrogen-bond acceptors (Lipinski definition) is 5. The highest BCUT2D eigenvalue weighted by atomic mass is 32.1. The lowest BCUT2D eigenvalue weighted by molar-refractivity contribution is 0.115. The van der Waals surface area contributed by atoms with Gasteiger partial charge in [-0.05, 0) is 18.6 Å². The van der Waals surface area contributed by atoms with Gasteiger partial charge in [0.2, 0.25) is 0 Å². The van der Waals surface area contributed by atoms with Crippen LogP contribution in [0.15, 0.2) is 35.7 Å². The molecule has 0 amide bonds. The first-order valence-electron chi connectivity index (χ1n) is 6.99. The molecule has 0 aromatic carbocycles. The van der Waals surface area contributed by atoms with E-state index in [-0.39, 0.29) is 0 Å². The number of nitrogens with one attached hydrogen (secondary N) is 1. The van der Waals surface area contributed by atoms with Gasteiger partial charge in [0.15, 0.2) is 0 Å². The summed E-state index contributed by atoms with van der Waals surface area (Å²) >= 11 is 1.75. The van der Waals surface area contributed by atoms with E-state index < -0.39 is 0 Å². The summed E-state index contributed by atoms with van der Waals surface area (Å²) in [6.07, 6.45) is 8.37. The fraction of sp³-hybridized carbons (Fsp3) is 0.400. The highest BCUT2D eigenvalue weighted by Gasteiger charge is 2.27. The van der Waals surface area contributed by atoms with Crippen LogP contribution in [0.2, 0.25) is 0 Å². The van der Waals surface area contributed by atoms with Gasteiger partial charge in [-0.3, -0.25) is 5.01 Å². The highest BCUT2D eigenvalue weighted by molar-refractivity contribution is 7.10. The molecule has 0 saturated carbocycles. The lowest BCUT2D eigenvalue weighted by atomic mass is 10.1. The van der Waals surface area contributed by atoms with Crippen LogP contribution in [0.4, 0.5) is 0 Å². The van der Waals surface area contributed by atoms with E-state index >= 15 is 0 Å². The number of likely N-dealkylation sites (N-methyl/N-ethyl adjacent to an activating group) is 1. The predicted molar refractivity (Wildman–Crippen MR) is 83.3 cm³/mol. The summed E-state index contributed by atoms with van der Waals surface area (Å²) in [5, 5.41) is 14.5. The Bertz CT molecular complexity index is 572. The molecule has 0 unspecified atom stereocenters. The predicted octanol–water partition coefficient (Wildman–Crippen LogP) is 3.21. The Morgan fingerprint density at radius 1 is 1.40 bits per heavy atom. The molecule has 106 valence electrons. The first-order chi connectivity index (χ1) is 9.69. The number of hydrazine groups is 1. The molecule has 3 rings (SSSR count). The van der Waals surface area contributed by atoms with Gasteiger partial charge in [-0.15, -0.1) is 11.3 Å².